The van der Waals surface area contributed by atoms with Crippen LogP contribution in [0.1, 0.15) is 56.7 Å². The van der Waals surface area contributed by atoms with E-state index in [0.29, 0.717) is 6.04 Å². The molecule has 2 aromatic rings. The lowest BCUT2D eigenvalue weighted by Crippen LogP contribution is -2.32. The normalized spacial score (nSPS) is 25.8. The number of hydrogen-bond donors (Lipinski definition) is 1. The summed E-state index contributed by atoms with van der Waals surface area (Å²) in [4.78, 5) is 9.00. The van der Waals surface area contributed by atoms with Crippen molar-refractivity contribution in [3.05, 3.63) is 17.6 Å². The number of nitrogens with one attached hydrogen (secondary N) is 1. The smallest absolute Gasteiger partial charge is 0.254 e. The molecule has 0 spiro atoms. The minimum atomic E-state index is 0.555. The summed E-state index contributed by atoms with van der Waals surface area (Å²) in [5.41, 5.74) is 2.60. The molecule has 2 heterocycles. The predicted molar refractivity (Wildman–Crippen MR) is 82.5 cm³/mol. The van der Waals surface area contributed by atoms with E-state index < -0.39 is 0 Å². The molecule has 0 amide bonds. The van der Waals surface area contributed by atoms with Crippen LogP contribution in [0.4, 0.5) is 5.82 Å². The van der Waals surface area contributed by atoms with Gasteiger partial charge in [0.15, 0.2) is 0 Å². The number of nitrogens with zero attached hydrogens (tertiary/aromatic N) is 4. The first-order valence-corrected chi connectivity index (χ1v) is 8.31. The van der Waals surface area contributed by atoms with Gasteiger partial charge in [0, 0.05) is 11.6 Å². The summed E-state index contributed by atoms with van der Waals surface area (Å²) < 4.78 is 1.91. The third-order valence-corrected chi connectivity index (χ3v) is 5.13. The van der Waals surface area contributed by atoms with Gasteiger partial charge in [0.25, 0.3) is 5.78 Å². The van der Waals surface area contributed by atoms with E-state index in [1.165, 1.54) is 49.8 Å². The molecule has 5 nitrogen and oxygen atoms in total. The number of aromatic nitrogens is 4. The van der Waals surface area contributed by atoms with E-state index in [2.05, 4.69) is 22.3 Å². The zero-order valence-electron chi connectivity index (χ0n) is 12.7. The molecule has 2 aromatic heterocycles. The Morgan fingerprint density at radius 1 is 1.14 bits per heavy atom. The fourth-order valence-corrected chi connectivity index (χ4v) is 3.84. The summed E-state index contributed by atoms with van der Waals surface area (Å²) >= 11 is 0. The molecule has 5 heteroatoms. The highest BCUT2D eigenvalue weighted by atomic mass is 15.4. The maximum Gasteiger partial charge on any atom is 0.254 e. The lowest BCUT2D eigenvalue weighted by Gasteiger charge is -2.31. The van der Waals surface area contributed by atoms with Crippen LogP contribution in [0.15, 0.2) is 6.33 Å². The van der Waals surface area contributed by atoms with Crippen molar-refractivity contribution in [1.82, 2.24) is 19.6 Å². The van der Waals surface area contributed by atoms with Crippen LogP contribution in [0.2, 0.25) is 0 Å². The summed E-state index contributed by atoms with van der Waals surface area (Å²) in [7, 11) is 0. The predicted octanol–water partition coefficient (Wildman–Crippen LogP) is 2.99. The average Bonchev–Trinajstić information content (AvgIpc) is 2.97. The number of rotatable bonds is 2. The van der Waals surface area contributed by atoms with Crippen LogP contribution < -0.4 is 5.32 Å². The number of hydrogen-bond acceptors (Lipinski definition) is 4. The number of aryl methyl sites for hydroxylation is 1. The van der Waals surface area contributed by atoms with Gasteiger partial charge in [-0.2, -0.15) is 14.6 Å². The van der Waals surface area contributed by atoms with E-state index in [1.807, 2.05) is 4.52 Å². The van der Waals surface area contributed by atoms with Gasteiger partial charge in [0.05, 0.1) is 5.69 Å². The third-order valence-electron chi connectivity index (χ3n) is 5.13. The summed E-state index contributed by atoms with van der Waals surface area (Å²) in [5, 5.41) is 8.21. The van der Waals surface area contributed by atoms with Crippen molar-refractivity contribution >= 4 is 11.6 Å². The lowest BCUT2D eigenvalue weighted by atomic mass is 9.85. The van der Waals surface area contributed by atoms with Gasteiger partial charge >= 0.3 is 0 Å². The standard InChI is InChI=1S/C16H23N5/c1-11-6-2-4-8-13(11)19-15-12-7-3-5-9-14(12)20-16-17-10-18-21(15)16/h10-11,13,19H,2-9H2,1H3. The van der Waals surface area contributed by atoms with Gasteiger partial charge in [0.1, 0.15) is 12.1 Å². The Morgan fingerprint density at radius 2 is 2.00 bits per heavy atom. The summed E-state index contributed by atoms with van der Waals surface area (Å²) in [6.07, 6.45) is 11.6. The van der Waals surface area contributed by atoms with Crippen molar-refractivity contribution in [3.8, 4) is 0 Å². The van der Waals surface area contributed by atoms with Crippen molar-refractivity contribution in [3.63, 3.8) is 0 Å². The molecule has 2 aliphatic carbocycles. The molecule has 1 fully saturated rings. The summed E-state index contributed by atoms with van der Waals surface area (Å²) in [6.45, 7) is 2.36. The largest absolute Gasteiger partial charge is 0.367 e. The Balaban J connectivity index is 1.76. The van der Waals surface area contributed by atoms with Gasteiger partial charge < -0.3 is 5.32 Å². The van der Waals surface area contributed by atoms with Gasteiger partial charge in [-0.1, -0.05) is 19.8 Å². The van der Waals surface area contributed by atoms with Gasteiger partial charge in [-0.25, -0.2) is 4.98 Å². The quantitative estimate of drug-likeness (QED) is 0.921. The van der Waals surface area contributed by atoms with Gasteiger partial charge in [-0.05, 0) is 44.4 Å². The molecule has 1 saturated carbocycles. The third kappa shape index (κ3) is 2.28. The van der Waals surface area contributed by atoms with Crippen LogP contribution in [-0.4, -0.2) is 25.6 Å². The zero-order chi connectivity index (χ0) is 14.2. The molecule has 2 aliphatic rings. The fourth-order valence-electron chi connectivity index (χ4n) is 3.84. The monoisotopic (exact) mass is 285 g/mol. The van der Waals surface area contributed by atoms with Crippen molar-refractivity contribution in [2.45, 2.75) is 64.3 Å². The van der Waals surface area contributed by atoms with Crippen molar-refractivity contribution in [1.29, 1.82) is 0 Å². The van der Waals surface area contributed by atoms with E-state index in [4.69, 9.17) is 4.98 Å². The van der Waals surface area contributed by atoms with Gasteiger partial charge in [-0.15, -0.1) is 0 Å². The van der Waals surface area contributed by atoms with E-state index in [9.17, 15) is 0 Å². The first-order chi connectivity index (χ1) is 10.3. The van der Waals surface area contributed by atoms with Crippen LogP contribution in [0.3, 0.4) is 0 Å². The number of anilines is 1. The highest BCUT2D eigenvalue weighted by Crippen LogP contribution is 2.31. The van der Waals surface area contributed by atoms with Crippen molar-refractivity contribution in [2.24, 2.45) is 5.92 Å². The van der Waals surface area contributed by atoms with Crippen LogP contribution in [0.5, 0.6) is 0 Å². The first-order valence-electron chi connectivity index (χ1n) is 8.31. The molecular formula is C16H23N5. The molecule has 0 radical (unpaired) electrons. The van der Waals surface area contributed by atoms with Crippen molar-refractivity contribution in [2.75, 3.05) is 5.32 Å². The Morgan fingerprint density at radius 3 is 2.90 bits per heavy atom. The minimum absolute atomic E-state index is 0.555. The van der Waals surface area contributed by atoms with E-state index in [-0.39, 0.29) is 0 Å². The number of fused-ring (bicyclic) bond motifs is 2. The molecule has 2 atom stereocenters. The second kappa shape index (κ2) is 5.28. The SMILES string of the molecule is CC1CCCCC1Nc1c2c(nc3ncnn13)CCCC2. The molecule has 0 saturated heterocycles. The molecule has 4 rings (SSSR count). The van der Waals surface area contributed by atoms with Gasteiger partial charge in [-0.3, -0.25) is 0 Å². The summed E-state index contributed by atoms with van der Waals surface area (Å²) in [6, 6.07) is 0.555. The van der Waals surface area contributed by atoms with E-state index >= 15 is 0 Å². The molecule has 2 unspecified atom stereocenters. The highest BCUT2D eigenvalue weighted by Gasteiger charge is 2.25. The molecule has 0 aromatic carbocycles. The Hall–Kier alpha value is -1.65. The molecular weight excluding hydrogens is 262 g/mol. The Bertz CT molecular complexity index is 647. The molecule has 0 aliphatic heterocycles. The van der Waals surface area contributed by atoms with Crippen molar-refractivity contribution < 1.29 is 0 Å². The van der Waals surface area contributed by atoms with Gasteiger partial charge in [0.2, 0.25) is 0 Å². The minimum Gasteiger partial charge on any atom is -0.367 e. The summed E-state index contributed by atoms with van der Waals surface area (Å²) in [5.74, 6) is 2.62. The van der Waals surface area contributed by atoms with Crippen LogP contribution in [0.25, 0.3) is 5.78 Å². The first kappa shape index (κ1) is 13.0. The fraction of sp³-hybridized carbons (Fsp3) is 0.688. The second-order valence-corrected chi connectivity index (χ2v) is 6.58. The molecule has 112 valence electrons. The zero-order valence-corrected chi connectivity index (χ0v) is 12.7. The van der Waals surface area contributed by atoms with Crippen LogP contribution in [-0.2, 0) is 12.8 Å². The molecule has 0 bridgehead atoms. The lowest BCUT2D eigenvalue weighted by molar-refractivity contribution is 0.348. The second-order valence-electron chi connectivity index (χ2n) is 6.58. The molecule has 1 N–H and O–H groups in total. The van der Waals surface area contributed by atoms with Crippen LogP contribution in [0, 0.1) is 5.92 Å². The topological polar surface area (TPSA) is 55.1 Å². The maximum atomic E-state index is 4.70. The van der Waals surface area contributed by atoms with E-state index in [1.54, 1.807) is 6.33 Å². The van der Waals surface area contributed by atoms with E-state index in [0.717, 1.165) is 30.4 Å². The van der Waals surface area contributed by atoms with Crippen LogP contribution >= 0.6 is 0 Å². The highest BCUT2D eigenvalue weighted by molar-refractivity contribution is 5.54. The maximum absolute atomic E-state index is 4.70. The Labute approximate surface area is 125 Å². The molecule has 21 heavy (non-hydrogen) atoms. The average molecular weight is 285 g/mol. The Kier molecular flexibility index (Phi) is 3.28.